The fourth-order valence-electron chi connectivity index (χ4n) is 2.98. The van der Waals surface area contributed by atoms with E-state index in [-0.39, 0.29) is 5.91 Å². The molecule has 1 atom stereocenters. The molecule has 0 saturated carbocycles. The Morgan fingerprint density at radius 1 is 1.20 bits per heavy atom. The number of aromatic nitrogens is 1. The molecule has 0 aliphatic carbocycles. The van der Waals surface area contributed by atoms with Crippen LogP contribution in [-0.4, -0.2) is 40.6 Å². The van der Waals surface area contributed by atoms with Crippen LogP contribution in [0.5, 0.6) is 0 Å². The van der Waals surface area contributed by atoms with E-state index in [9.17, 15) is 9.59 Å². The first-order valence-corrected chi connectivity index (χ1v) is 8.65. The number of pyridine rings is 1. The lowest BCUT2D eigenvalue weighted by atomic mass is 9.92. The molecule has 1 aromatic rings. The third-order valence-corrected chi connectivity index (χ3v) is 4.09. The summed E-state index contributed by atoms with van der Waals surface area (Å²) in [6.07, 6.45) is 1.80. The van der Waals surface area contributed by atoms with Gasteiger partial charge in [-0.05, 0) is 39.3 Å². The highest BCUT2D eigenvalue weighted by Gasteiger charge is 2.46. The summed E-state index contributed by atoms with van der Waals surface area (Å²) in [4.78, 5) is 31.3. The molecule has 1 aliphatic heterocycles. The van der Waals surface area contributed by atoms with Gasteiger partial charge in [0.05, 0.1) is 5.69 Å². The highest BCUT2D eigenvalue weighted by molar-refractivity contribution is 5.82. The molecule has 0 radical (unpaired) electrons. The van der Waals surface area contributed by atoms with Gasteiger partial charge in [-0.3, -0.25) is 9.78 Å². The van der Waals surface area contributed by atoms with Crippen molar-refractivity contribution in [2.75, 3.05) is 13.1 Å². The minimum atomic E-state index is -0.732. The maximum atomic E-state index is 12.7. The molecular weight excluding hydrogens is 318 g/mol. The maximum Gasteiger partial charge on any atom is 0.408 e. The molecule has 6 heteroatoms. The topological polar surface area (TPSA) is 71.5 Å². The molecule has 0 spiro atoms. The van der Waals surface area contributed by atoms with E-state index in [1.54, 1.807) is 11.1 Å². The summed E-state index contributed by atoms with van der Waals surface area (Å²) in [6, 6.07) is 5.59. The molecule has 2 amide bonds. The fourth-order valence-corrected chi connectivity index (χ4v) is 2.98. The zero-order chi connectivity index (χ0) is 18.9. The molecule has 1 aliphatic rings. The summed E-state index contributed by atoms with van der Waals surface area (Å²) >= 11 is 0. The zero-order valence-corrected chi connectivity index (χ0v) is 16.0. The van der Waals surface area contributed by atoms with Crippen molar-refractivity contribution < 1.29 is 14.3 Å². The van der Waals surface area contributed by atoms with E-state index < -0.39 is 22.6 Å². The minimum Gasteiger partial charge on any atom is -0.444 e. The predicted octanol–water partition coefficient (Wildman–Crippen LogP) is 3.08. The van der Waals surface area contributed by atoms with Gasteiger partial charge in [-0.15, -0.1) is 0 Å². The lowest BCUT2D eigenvalue weighted by Crippen LogP contribution is -2.51. The molecule has 6 nitrogen and oxygen atoms in total. The first-order chi connectivity index (χ1) is 11.4. The highest BCUT2D eigenvalue weighted by atomic mass is 16.6. The summed E-state index contributed by atoms with van der Waals surface area (Å²) in [6.45, 7) is 12.1. The molecule has 25 heavy (non-hydrogen) atoms. The Kier molecular flexibility index (Phi) is 5.11. The standard InChI is InChI=1S/C19H29N3O3/c1-17(2,3)15(23)22-12-10-19(13-22,14-9-7-8-11-20-14)21-16(24)25-18(4,5)6/h7-9,11H,10,12-13H2,1-6H3,(H,21,24). The van der Waals surface area contributed by atoms with E-state index in [2.05, 4.69) is 10.3 Å². The van der Waals surface area contributed by atoms with Crippen LogP contribution in [-0.2, 0) is 15.1 Å². The van der Waals surface area contributed by atoms with Gasteiger partial charge in [-0.2, -0.15) is 0 Å². The van der Waals surface area contributed by atoms with E-state index in [1.165, 1.54) is 0 Å². The average molecular weight is 347 g/mol. The summed E-state index contributed by atoms with van der Waals surface area (Å²) in [5.41, 5.74) is -1.05. The Labute approximate surface area is 150 Å². The second-order valence-electron chi connectivity index (χ2n) is 8.65. The van der Waals surface area contributed by atoms with Gasteiger partial charge in [-0.1, -0.05) is 26.8 Å². The molecule has 0 bridgehead atoms. The molecule has 2 heterocycles. The van der Waals surface area contributed by atoms with Crippen LogP contribution in [0.2, 0.25) is 0 Å². The molecule has 1 unspecified atom stereocenters. The molecule has 138 valence electrons. The SMILES string of the molecule is CC(C)(C)OC(=O)NC1(c2ccccn2)CCN(C(=O)C(C)(C)C)C1. The van der Waals surface area contributed by atoms with Crippen molar-refractivity contribution in [2.24, 2.45) is 5.41 Å². The van der Waals surface area contributed by atoms with Gasteiger partial charge in [0.1, 0.15) is 11.1 Å². The van der Waals surface area contributed by atoms with Crippen LogP contribution in [0.25, 0.3) is 0 Å². The Morgan fingerprint density at radius 3 is 2.40 bits per heavy atom. The number of amides is 2. The summed E-state index contributed by atoms with van der Waals surface area (Å²) in [5.74, 6) is 0.0660. The molecule has 1 fully saturated rings. The summed E-state index contributed by atoms with van der Waals surface area (Å²) < 4.78 is 5.43. The number of nitrogens with one attached hydrogen (secondary N) is 1. The summed E-state index contributed by atoms with van der Waals surface area (Å²) in [7, 11) is 0. The normalized spacial score (nSPS) is 21.1. The van der Waals surface area contributed by atoms with Gasteiger partial charge < -0.3 is 15.0 Å². The highest BCUT2D eigenvalue weighted by Crippen LogP contribution is 2.33. The van der Waals surface area contributed by atoms with E-state index >= 15 is 0 Å². The number of carbonyl (C=O) groups is 2. The van der Waals surface area contributed by atoms with E-state index in [4.69, 9.17) is 4.74 Å². The number of ether oxygens (including phenoxy) is 1. The van der Waals surface area contributed by atoms with Gasteiger partial charge in [0.15, 0.2) is 0 Å². The van der Waals surface area contributed by atoms with E-state index in [0.717, 1.165) is 5.69 Å². The second-order valence-corrected chi connectivity index (χ2v) is 8.65. The smallest absolute Gasteiger partial charge is 0.408 e. The largest absolute Gasteiger partial charge is 0.444 e. The molecule has 1 aromatic heterocycles. The van der Waals surface area contributed by atoms with Crippen molar-refractivity contribution in [3.05, 3.63) is 30.1 Å². The van der Waals surface area contributed by atoms with Gasteiger partial charge in [0, 0.05) is 24.7 Å². The molecular formula is C19H29N3O3. The Balaban J connectivity index is 2.27. The number of nitrogens with zero attached hydrogens (tertiary/aromatic N) is 2. The third kappa shape index (κ3) is 4.71. The predicted molar refractivity (Wildman–Crippen MR) is 95.9 cm³/mol. The number of hydrogen-bond acceptors (Lipinski definition) is 4. The average Bonchev–Trinajstić information content (AvgIpc) is 2.89. The van der Waals surface area contributed by atoms with Crippen LogP contribution in [0.4, 0.5) is 4.79 Å². The quantitative estimate of drug-likeness (QED) is 0.892. The fraction of sp³-hybridized carbons (Fsp3) is 0.632. The number of carbonyl (C=O) groups excluding carboxylic acids is 2. The van der Waals surface area contributed by atoms with Gasteiger partial charge in [-0.25, -0.2) is 4.79 Å². The number of rotatable bonds is 2. The molecule has 2 rings (SSSR count). The van der Waals surface area contributed by atoms with Gasteiger partial charge >= 0.3 is 6.09 Å². The van der Waals surface area contributed by atoms with Crippen molar-refractivity contribution in [2.45, 2.75) is 59.1 Å². The monoisotopic (exact) mass is 347 g/mol. The van der Waals surface area contributed by atoms with Gasteiger partial charge in [0.2, 0.25) is 5.91 Å². The first-order valence-electron chi connectivity index (χ1n) is 8.65. The van der Waals surface area contributed by atoms with Gasteiger partial charge in [0.25, 0.3) is 0 Å². The van der Waals surface area contributed by atoms with Crippen molar-refractivity contribution in [1.82, 2.24) is 15.2 Å². The van der Waals surface area contributed by atoms with Crippen LogP contribution in [0, 0.1) is 5.41 Å². The van der Waals surface area contributed by atoms with Crippen molar-refractivity contribution in [1.29, 1.82) is 0 Å². The second kappa shape index (κ2) is 6.65. The number of hydrogen-bond donors (Lipinski definition) is 1. The van der Waals surface area contributed by atoms with E-state index in [0.29, 0.717) is 19.5 Å². The number of likely N-dealkylation sites (tertiary alicyclic amines) is 1. The molecule has 0 aromatic carbocycles. The Bertz CT molecular complexity index is 632. The van der Waals surface area contributed by atoms with Crippen LogP contribution in [0.3, 0.4) is 0 Å². The van der Waals surface area contributed by atoms with Crippen LogP contribution in [0.15, 0.2) is 24.4 Å². The van der Waals surface area contributed by atoms with Crippen molar-refractivity contribution in [3.8, 4) is 0 Å². The first kappa shape index (κ1) is 19.2. The third-order valence-electron chi connectivity index (χ3n) is 4.09. The maximum absolute atomic E-state index is 12.7. The summed E-state index contributed by atoms with van der Waals surface area (Å²) in [5, 5.41) is 2.98. The van der Waals surface area contributed by atoms with E-state index in [1.807, 2.05) is 59.7 Å². The Morgan fingerprint density at radius 2 is 1.88 bits per heavy atom. The lowest BCUT2D eigenvalue weighted by Gasteiger charge is -2.32. The zero-order valence-electron chi connectivity index (χ0n) is 16.0. The minimum absolute atomic E-state index is 0.0660. The van der Waals surface area contributed by atoms with Crippen LogP contribution in [0.1, 0.15) is 53.7 Å². The lowest BCUT2D eigenvalue weighted by molar-refractivity contribution is -0.138. The molecule has 1 N–H and O–H groups in total. The van der Waals surface area contributed by atoms with Crippen LogP contribution >= 0.6 is 0 Å². The number of alkyl carbamates (subject to hydrolysis) is 1. The van der Waals surface area contributed by atoms with Crippen molar-refractivity contribution in [3.63, 3.8) is 0 Å². The molecule has 1 saturated heterocycles. The van der Waals surface area contributed by atoms with Crippen LogP contribution < -0.4 is 5.32 Å². The Hall–Kier alpha value is -2.11. The van der Waals surface area contributed by atoms with Crippen molar-refractivity contribution >= 4 is 12.0 Å².